The second kappa shape index (κ2) is 7.12. The molecule has 0 aliphatic carbocycles. The van der Waals surface area contributed by atoms with Crippen LogP contribution < -0.4 is 9.62 Å². The lowest BCUT2D eigenvalue weighted by Gasteiger charge is -2.14. The summed E-state index contributed by atoms with van der Waals surface area (Å²) in [5.74, 6) is 0. The molecule has 0 radical (unpaired) electrons. The van der Waals surface area contributed by atoms with E-state index >= 15 is 0 Å². The van der Waals surface area contributed by atoms with Crippen molar-refractivity contribution in [1.29, 1.82) is 0 Å². The molecule has 9 heteroatoms. The quantitative estimate of drug-likeness (QED) is 0.523. The lowest BCUT2D eigenvalue weighted by Crippen LogP contribution is -2.14. The molecule has 3 rings (SSSR count). The van der Waals surface area contributed by atoms with E-state index in [4.69, 9.17) is 16.2 Å². The first kappa shape index (κ1) is 17.2. The zero-order valence-electron chi connectivity index (χ0n) is 13.0. The average molecular weight is 383 g/mol. The van der Waals surface area contributed by atoms with Crippen LogP contribution in [-0.4, -0.2) is 32.8 Å². The number of anilines is 1. The number of nitrogens with zero attached hydrogens (tertiary/aromatic N) is 3. The fourth-order valence-corrected chi connectivity index (χ4v) is 3.83. The minimum absolute atomic E-state index is 0.255. The van der Waals surface area contributed by atoms with Gasteiger partial charge >= 0.3 is 0 Å². The Labute approximate surface area is 150 Å². The topological polar surface area (TPSA) is 78.4 Å². The molecule has 2 aromatic heterocycles. The Hall–Kier alpha value is -1.58. The molecular weight excluding hydrogens is 368 g/mol. The van der Waals surface area contributed by atoms with Crippen molar-refractivity contribution < 1.29 is 8.76 Å². The first-order chi connectivity index (χ1) is 11.4. The Balaban J connectivity index is 1.96. The number of thiazole rings is 1. The van der Waals surface area contributed by atoms with Crippen LogP contribution in [0.3, 0.4) is 0 Å². The van der Waals surface area contributed by atoms with Crippen LogP contribution in [0, 0.1) is 0 Å². The Morgan fingerprint density at radius 3 is 2.83 bits per heavy atom. The minimum Gasteiger partial charge on any atom is -0.375 e. The number of hydrogen-bond donors (Lipinski definition) is 2. The summed E-state index contributed by atoms with van der Waals surface area (Å²) in [4.78, 5) is 10.6. The summed E-state index contributed by atoms with van der Waals surface area (Å²) in [5.41, 5.74) is 3.70. The highest BCUT2D eigenvalue weighted by Gasteiger charge is 2.10. The number of pyridine rings is 1. The smallest absolute Gasteiger partial charge is 0.232 e. The number of nitrogens with one attached hydrogen (secondary N) is 1. The summed E-state index contributed by atoms with van der Waals surface area (Å²) in [7, 11) is 3.84. The van der Waals surface area contributed by atoms with E-state index in [9.17, 15) is 4.21 Å². The maximum atomic E-state index is 10.7. The molecule has 0 aliphatic rings. The number of benzene rings is 1. The van der Waals surface area contributed by atoms with Crippen molar-refractivity contribution in [2.24, 2.45) is 0 Å². The van der Waals surface area contributed by atoms with Crippen molar-refractivity contribution in [1.82, 2.24) is 14.7 Å². The zero-order chi connectivity index (χ0) is 17.3. The van der Waals surface area contributed by atoms with E-state index < -0.39 is 11.3 Å². The van der Waals surface area contributed by atoms with Crippen molar-refractivity contribution in [2.75, 3.05) is 19.0 Å². The predicted molar refractivity (Wildman–Crippen MR) is 99.8 cm³/mol. The van der Waals surface area contributed by atoms with Gasteiger partial charge in [0.1, 0.15) is 5.01 Å². The van der Waals surface area contributed by atoms with Crippen LogP contribution in [0.2, 0.25) is 5.15 Å². The number of hydrogen-bond acceptors (Lipinski definition) is 5. The molecule has 0 saturated carbocycles. The van der Waals surface area contributed by atoms with Gasteiger partial charge in [-0.05, 0) is 23.8 Å². The summed E-state index contributed by atoms with van der Waals surface area (Å²) in [6.45, 7) is 0.255. The van der Waals surface area contributed by atoms with Gasteiger partial charge in [-0.1, -0.05) is 17.7 Å². The number of rotatable bonds is 5. The van der Waals surface area contributed by atoms with Crippen molar-refractivity contribution in [3.05, 3.63) is 40.6 Å². The van der Waals surface area contributed by atoms with Gasteiger partial charge in [0.25, 0.3) is 0 Å². The molecule has 1 unspecified atom stereocenters. The van der Waals surface area contributed by atoms with Gasteiger partial charge in [-0.15, -0.1) is 11.3 Å². The van der Waals surface area contributed by atoms with E-state index in [2.05, 4.69) is 14.7 Å². The maximum absolute atomic E-state index is 10.7. The lowest BCUT2D eigenvalue weighted by molar-refractivity contribution is 0.548. The highest BCUT2D eigenvalue weighted by Crippen LogP contribution is 2.31. The van der Waals surface area contributed by atoms with Gasteiger partial charge in [0.2, 0.25) is 11.3 Å². The zero-order valence-corrected chi connectivity index (χ0v) is 15.4. The van der Waals surface area contributed by atoms with Gasteiger partial charge in [0.05, 0.1) is 22.4 Å². The van der Waals surface area contributed by atoms with E-state index in [1.54, 1.807) is 6.20 Å². The van der Waals surface area contributed by atoms with Crippen LogP contribution >= 0.6 is 22.9 Å². The lowest BCUT2D eigenvalue weighted by atomic mass is 10.1. The van der Waals surface area contributed by atoms with Crippen molar-refractivity contribution in [3.8, 4) is 11.1 Å². The summed E-state index contributed by atoms with van der Waals surface area (Å²) in [5, 5.41) is 1.22. The largest absolute Gasteiger partial charge is 0.375 e. The fourth-order valence-electron chi connectivity index (χ4n) is 2.26. The first-order valence-electron chi connectivity index (χ1n) is 7.01. The first-order valence-corrected chi connectivity index (χ1v) is 9.31. The number of fused-ring (bicyclic) bond motifs is 1. The molecule has 126 valence electrons. The molecule has 0 aliphatic heterocycles. The third-order valence-corrected chi connectivity index (χ3v) is 5.12. The molecule has 0 saturated heterocycles. The molecular formula is C15H15ClN4O2S2. The molecule has 0 bridgehead atoms. The second-order valence-electron chi connectivity index (χ2n) is 5.29. The summed E-state index contributed by atoms with van der Waals surface area (Å²) < 4.78 is 22.9. The molecule has 24 heavy (non-hydrogen) atoms. The van der Waals surface area contributed by atoms with Gasteiger partial charge in [-0.25, -0.2) is 18.9 Å². The van der Waals surface area contributed by atoms with E-state index in [1.807, 2.05) is 43.3 Å². The van der Waals surface area contributed by atoms with Crippen LogP contribution in [0.25, 0.3) is 21.3 Å². The molecule has 0 amide bonds. The Morgan fingerprint density at radius 1 is 1.33 bits per heavy atom. The third kappa shape index (κ3) is 3.73. The normalized spacial score (nSPS) is 12.5. The Bertz CT molecular complexity index is 914. The third-order valence-electron chi connectivity index (χ3n) is 3.42. The van der Waals surface area contributed by atoms with Gasteiger partial charge < -0.3 is 4.90 Å². The van der Waals surface area contributed by atoms with Crippen molar-refractivity contribution in [2.45, 2.75) is 6.54 Å². The van der Waals surface area contributed by atoms with Crippen molar-refractivity contribution in [3.63, 3.8) is 0 Å². The number of halogens is 1. The van der Waals surface area contributed by atoms with E-state index in [-0.39, 0.29) is 6.54 Å². The van der Waals surface area contributed by atoms with Gasteiger partial charge in [0.15, 0.2) is 5.15 Å². The molecule has 0 spiro atoms. The van der Waals surface area contributed by atoms with Crippen molar-refractivity contribution >= 4 is 50.1 Å². The highest BCUT2D eigenvalue weighted by atomic mass is 35.5. The van der Waals surface area contributed by atoms with E-state index in [0.717, 1.165) is 32.0 Å². The van der Waals surface area contributed by atoms with Crippen LogP contribution in [-0.2, 0) is 17.8 Å². The summed E-state index contributed by atoms with van der Waals surface area (Å²) in [6, 6.07) is 7.95. The maximum Gasteiger partial charge on any atom is 0.232 e. The molecule has 1 atom stereocenters. The molecule has 2 N–H and O–H groups in total. The molecule has 2 heterocycles. The van der Waals surface area contributed by atoms with Crippen LogP contribution in [0.5, 0.6) is 0 Å². The summed E-state index contributed by atoms with van der Waals surface area (Å²) in [6.07, 6.45) is 1.74. The minimum atomic E-state index is -2.04. The standard InChI is InChI=1S/C15H15ClN4O2S2/c1-20(2)12-5-10(7-17-15(12)16)9-3-4-11-13(6-9)23-14(19-11)8-18-24(21)22/h3-7,18H,8H2,1-2H3,(H,21,22). The molecule has 3 aromatic rings. The Kier molecular flexibility index (Phi) is 5.12. The molecule has 6 nitrogen and oxygen atoms in total. The van der Waals surface area contributed by atoms with Crippen LogP contribution in [0.1, 0.15) is 5.01 Å². The van der Waals surface area contributed by atoms with E-state index in [0.29, 0.717) is 5.15 Å². The van der Waals surface area contributed by atoms with Crippen LogP contribution in [0.4, 0.5) is 5.69 Å². The number of aromatic nitrogens is 2. The molecule has 1 aromatic carbocycles. The monoisotopic (exact) mass is 382 g/mol. The predicted octanol–water partition coefficient (Wildman–Crippen LogP) is 3.30. The van der Waals surface area contributed by atoms with E-state index in [1.165, 1.54) is 11.3 Å². The fraction of sp³-hybridized carbons (Fsp3) is 0.200. The highest BCUT2D eigenvalue weighted by molar-refractivity contribution is 7.77. The average Bonchev–Trinajstić information content (AvgIpc) is 2.95. The Morgan fingerprint density at radius 2 is 2.12 bits per heavy atom. The molecule has 0 fully saturated rings. The second-order valence-corrected chi connectivity index (χ2v) is 7.55. The van der Waals surface area contributed by atoms with Gasteiger partial charge in [-0.2, -0.15) is 0 Å². The van der Waals surface area contributed by atoms with Crippen LogP contribution in [0.15, 0.2) is 30.5 Å². The van der Waals surface area contributed by atoms with Gasteiger partial charge in [0, 0.05) is 25.9 Å². The SMILES string of the molecule is CN(C)c1cc(-c2ccc3nc(CNS(=O)O)sc3c2)cnc1Cl. The summed E-state index contributed by atoms with van der Waals surface area (Å²) >= 11 is 5.57. The van der Waals surface area contributed by atoms with Gasteiger partial charge in [-0.3, -0.25) is 4.55 Å².